The molecule has 2 N–H and O–H groups in total. The van der Waals surface area contributed by atoms with Crippen LogP contribution < -0.4 is 14.8 Å². The number of benzene rings is 3. The summed E-state index contributed by atoms with van der Waals surface area (Å²) in [5.41, 5.74) is 3.93. The lowest BCUT2D eigenvalue weighted by Crippen LogP contribution is -2.30. The Morgan fingerprint density at radius 3 is 2.09 bits per heavy atom. The lowest BCUT2D eigenvalue weighted by atomic mass is 10.1. The van der Waals surface area contributed by atoms with Crippen LogP contribution in [0.3, 0.4) is 0 Å². The maximum atomic E-state index is 12.8. The number of nitrogens with one attached hydrogen (secondary N) is 2. The Balaban J connectivity index is 1.64. The molecule has 0 aromatic heterocycles. The molecule has 0 aliphatic rings. The summed E-state index contributed by atoms with van der Waals surface area (Å²) in [6, 6.07) is 19.2. The number of hydrogen-bond acceptors (Lipinski definition) is 4. The first-order valence-corrected chi connectivity index (χ1v) is 11.9. The molecule has 0 fully saturated rings. The maximum absolute atomic E-state index is 12.8. The molecule has 168 valence electrons. The van der Waals surface area contributed by atoms with E-state index < -0.39 is 16.1 Å². The molecular weight excluding hydrogens is 424 g/mol. The van der Waals surface area contributed by atoms with Gasteiger partial charge < -0.3 is 10.1 Å². The normalized spacial score (nSPS) is 12.1. The third-order valence-corrected chi connectivity index (χ3v) is 6.53. The highest BCUT2D eigenvalue weighted by Crippen LogP contribution is 2.24. The number of carbonyl (C=O) groups excluding carboxylic acids is 1. The molecule has 0 bridgehead atoms. The van der Waals surface area contributed by atoms with Crippen LogP contribution in [0.15, 0.2) is 71.6 Å². The number of amides is 1. The molecule has 0 saturated heterocycles. The molecule has 0 aliphatic heterocycles. The van der Waals surface area contributed by atoms with Crippen molar-refractivity contribution in [3.8, 4) is 5.75 Å². The van der Waals surface area contributed by atoms with E-state index in [0.717, 1.165) is 17.5 Å². The minimum atomic E-state index is -3.75. The molecule has 0 heterocycles. The van der Waals surface area contributed by atoms with Crippen molar-refractivity contribution in [2.45, 2.75) is 45.1 Å². The van der Waals surface area contributed by atoms with Gasteiger partial charge in [0.25, 0.3) is 15.9 Å². The van der Waals surface area contributed by atoms with Crippen molar-refractivity contribution in [3.05, 3.63) is 83.4 Å². The van der Waals surface area contributed by atoms with Gasteiger partial charge in [-0.25, -0.2) is 8.42 Å². The minimum Gasteiger partial charge on any atom is -0.481 e. The molecule has 32 heavy (non-hydrogen) atoms. The average Bonchev–Trinajstić information content (AvgIpc) is 2.77. The zero-order valence-corrected chi connectivity index (χ0v) is 19.5. The second-order valence-electron chi connectivity index (χ2n) is 7.64. The maximum Gasteiger partial charge on any atom is 0.265 e. The Hall–Kier alpha value is -3.32. The van der Waals surface area contributed by atoms with Crippen molar-refractivity contribution in [1.82, 2.24) is 0 Å². The van der Waals surface area contributed by atoms with E-state index in [1.165, 1.54) is 17.7 Å². The van der Waals surface area contributed by atoms with E-state index in [1.807, 2.05) is 56.3 Å². The third-order valence-electron chi connectivity index (χ3n) is 5.16. The lowest BCUT2D eigenvalue weighted by Gasteiger charge is -2.16. The molecule has 7 heteroatoms. The fraction of sp³-hybridized carbons (Fsp3) is 0.240. The van der Waals surface area contributed by atoms with Gasteiger partial charge in [-0.05, 0) is 80.3 Å². The molecule has 0 aliphatic carbocycles. The molecule has 3 rings (SSSR count). The molecule has 0 radical (unpaired) electrons. The number of carbonyl (C=O) groups is 1. The highest BCUT2D eigenvalue weighted by atomic mass is 32.2. The molecule has 3 aromatic carbocycles. The molecule has 1 atom stereocenters. The quantitative estimate of drug-likeness (QED) is 0.500. The van der Waals surface area contributed by atoms with E-state index in [-0.39, 0.29) is 10.8 Å². The van der Waals surface area contributed by atoms with Crippen LogP contribution in [-0.4, -0.2) is 20.4 Å². The lowest BCUT2D eigenvalue weighted by molar-refractivity contribution is -0.122. The van der Waals surface area contributed by atoms with E-state index in [0.29, 0.717) is 17.1 Å². The first-order valence-electron chi connectivity index (χ1n) is 10.4. The third kappa shape index (κ3) is 5.68. The summed E-state index contributed by atoms with van der Waals surface area (Å²) in [6.45, 7) is 7.44. The molecule has 0 saturated carbocycles. The largest absolute Gasteiger partial charge is 0.481 e. The summed E-state index contributed by atoms with van der Waals surface area (Å²) in [5.74, 6) is 0.290. The summed E-state index contributed by atoms with van der Waals surface area (Å²) in [5, 5.41) is 2.75. The molecule has 1 unspecified atom stereocenters. The SMILES string of the molecule is CCc1ccc(OC(C)C(=O)Nc2ccc(S(=O)(=O)Nc3c(C)cccc3C)cc2)cc1. The summed E-state index contributed by atoms with van der Waals surface area (Å²) in [7, 11) is -3.75. The first-order chi connectivity index (χ1) is 15.2. The molecular formula is C25H28N2O4S. The average molecular weight is 453 g/mol. The van der Waals surface area contributed by atoms with E-state index in [9.17, 15) is 13.2 Å². The summed E-state index contributed by atoms with van der Waals surface area (Å²) >= 11 is 0. The van der Waals surface area contributed by atoms with Crippen LogP contribution in [0.25, 0.3) is 0 Å². The second kappa shape index (κ2) is 9.87. The molecule has 6 nitrogen and oxygen atoms in total. The van der Waals surface area contributed by atoms with Crippen LogP contribution in [-0.2, 0) is 21.2 Å². The van der Waals surface area contributed by atoms with Crippen LogP contribution in [0, 0.1) is 13.8 Å². The highest BCUT2D eigenvalue weighted by molar-refractivity contribution is 7.92. The van der Waals surface area contributed by atoms with Gasteiger partial charge in [0.2, 0.25) is 0 Å². The van der Waals surface area contributed by atoms with Gasteiger partial charge in [0.15, 0.2) is 6.10 Å². The van der Waals surface area contributed by atoms with Gasteiger partial charge in [-0.2, -0.15) is 0 Å². The number of para-hydroxylation sites is 1. The van der Waals surface area contributed by atoms with E-state index in [1.54, 1.807) is 19.1 Å². The Kier molecular flexibility index (Phi) is 7.20. The van der Waals surface area contributed by atoms with Gasteiger partial charge in [0.05, 0.1) is 10.6 Å². The van der Waals surface area contributed by atoms with Crippen LogP contribution in [0.2, 0.25) is 0 Å². The molecule has 1 amide bonds. The van der Waals surface area contributed by atoms with Gasteiger partial charge in [-0.1, -0.05) is 37.3 Å². The Labute approximate surface area is 189 Å². The predicted octanol–water partition coefficient (Wildman–Crippen LogP) is 5.07. The van der Waals surface area contributed by atoms with E-state index in [2.05, 4.69) is 17.0 Å². The van der Waals surface area contributed by atoms with Crippen LogP contribution in [0.1, 0.15) is 30.5 Å². The standard InChI is InChI=1S/C25H28N2O4S/c1-5-20-9-13-22(14-10-20)31-19(4)25(28)26-21-11-15-23(16-12-21)32(29,30)27-24-17(2)7-6-8-18(24)3/h6-16,19,27H,5H2,1-4H3,(H,26,28). The monoisotopic (exact) mass is 452 g/mol. The topological polar surface area (TPSA) is 84.5 Å². The summed E-state index contributed by atoms with van der Waals surface area (Å²) in [6.07, 6.45) is 0.221. The van der Waals surface area contributed by atoms with Crippen molar-refractivity contribution < 1.29 is 17.9 Å². The fourth-order valence-electron chi connectivity index (χ4n) is 3.19. The zero-order valence-electron chi connectivity index (χ0n) is 18.7. The van der Waals surface area contributed by atoms with Crippen molar-refractivity contribution in [2.75, 3.05) is 10.0 Å². The Morgan fingerprint density at radius 1 is 0.938 bits per heavy atom. The van der Waals surface area contributed by atoms with Gasteiger partial charge >= 0.3 is 0 Å². The number of anilines is 2. The summed E-state index contributed by atoms with van der Waals surface area (Å²) < 4.78 is 33.9. The van der Waals surface area contributed by atoms with Gasteiger partial charge in [0.1, 0.15) is 5.75 Å². The second-order valence-corrected chi connectivity index (χ2v) is 9.33. The van der Waals surface area contributed by atoms with E-state index in [4.69, 9.17) is 4.74 Å². The van der Waals surface area contributed by atoms with E-state index >= 15 is 0 Å². The van der Waals surface area contributed by atoms with Crippen molar-refractivity contribution in [1.29, 1.82) is 0 Å². The van der Waals surface area contributed by atoms with Crippen molar-refractivity contribution in [3.63, 3.8) is 0 Å². The van der Waals surface area contributed by atoms with Crippen molar-refractivity contribution in [2.24, 2.45) is 0 Å². The predicted molar refractivity (Wildman–Crippen MR) is 128 cm³/mol. The summed E-state index contributed by atoms with van der Waals surface area (Å²) in [4.78, 5) is 12.6. The van der Waals surface area contributed by atoms with Crippen LogP contribution >= 0.6 is 0 Å². The number of hydrogen-bond donors (Lipinski definition) is 2. The molecule has 0 spiro atoms. The minimum absolute atomic E-state index is 0.110. The zero-order chi connectivity index (χ0) is 23.3. The number of aryl methyl sites for hydroxylation is 3. The van der Waals surface area contributed by atoms with Crippen LogP contribution in [0.4, 0.5) is 11.4 Å². The van der Waals surface area contributed by atoms with Crippen molar-refractivity contribution >= 4 is 27.3 Å². The number of rotatable bonds is 8. The van der Waals surface area contributed by atoms with Gasteiger partial charge in [0, 0.05) is 5.69 Å². The number of sulfonamides is 1. The smallest absolute Gasteiger partial charge is 0.265 e. The van der Waals surface area contributed by atoms with Gasteiger partial charge in [-0.15, -0.1) is 0 Å². The Morgan fingerprint density at radius 2 is 1.53 bits per heavy atom. The van der Waals surface area contributed by atoms with Gasteiger partial charge in [-0.3, -0.25) is 9.52 Å². The first kappa shape index (κ1) is 23.3. The molecule has 3 aromatic rings. The fourth-order valence-corrected chi connectivity index (χ4v) is 4.39. The number of ether oxygens (including phenoxy) is 1. The van der Waals surface area contributed by atoms with Crippen LogP contribution in [0.5, 0.6) is 5.75 Å². The Bertz CT molecular complexity index is 1170. The highest BCUT2D eigenvalue weighted by Gasteiger charge is 2.18.